The topological polar surface area (TPSA) is 71.4 Å². The van der Waals surface area contributed by atoms with Crippen molar-refractivity contribution in [1.29, 1.82) is 0 Å². The first-order valence-corrected chi connectivity index (χ1v) is 9.17. The Hall–Kier alpha value is 0.0600. The van der Waals surface area contributed by atoms with Gasteiger partial charge in [0.1, 0.15) is 0 Å². The molecule has 3 atom stereocenters. The summed E-state index contributed by atoms with van der Waals surface area (Å²) in [5.41, 5.74) is 0. The second kappa shape index (κ2) is 8.21. The molecule has 104 valence electrons. The summed E-state index contributed by atoms with van der Waals surface area (Å²) in [5, 5.41) is -0.464. The van der Waals surface area contributed by atoms with Crippen LogP contribution in [0.25, 0.3) is 0 Å². The van der Waals surface area contributed by atoms with Gasteiger partial charge in [0.15, 0.2) is 20.9 Å². The van der Waals surface area contributed by atoms with Gasteiger partial charge in [0.2, 0.25) is 0 Å². The first-order valence-electron chi connectivity index (χ1n) is 6.18. The summed E-state index contributed by atoms with van der Waals surface area (Å²) in [6.45, 7) is 5.66. The largest absolute Gasteiger partial charge is 0.306 e. The molecule has 0 aromatic heterocycles. The first kappa shape index (κ1) is 17.1. The van der Waals surface area contributed by atoms with E-state index >= 15 is 0 Å². The molecule has 0 bridgehead atoms. The Labute approximate surface area is 107 Å². The minimum absolute atomic E-state index is 0.0596. The molecule has 0 fully saturated rings. The molecule has 6 heteroatoms. The van der Waals surface area contributed by atoms with E-state index in [0.717, 1.165) is 6.42 Å². The van der Waals surface area contributed by atoms with Gasteiger partial charge in [0.05, 0.1) is 16.8 Å². The van der Waals surface area contributed by atoms with Gasteiger partial charge in [-0.1, -0.05) is 33.6 Å². The summed E-state index contributed by atoms with van der Waals surface area (Å²) in [7, 11) is -3.14. The van der Waals surface area contributed by atoms with Gasteiger partial charge >= 0.3 is 0 Å². The van der Waals surface area contributed by atoms with Gasteiger partial charge in [-0.2, -0.15) is 0 Å². The van der Waals surface area contributed by atoms with Crippen LogP contribution >= 0.6 is 0 Å². The first-order chi connectivity index (χ1) is 7.88. The average molecular weight is 284 g/mol. The van der Waals surface area contributed by atoms with E-state index in [9.17, 15) is 12.6 Å². The lowest BCUT2D eigenvalue weighted by Crippen LogP contribution is -2.34. The molecule has 1 N–H and O–H groups in total. The van der Waals surface area contributed by atoms with Crippen molar-refractivity contribution in [2.24, 2.45) is 5.92 Å². The van der Waals surface area contributed by atoms with Crippen LogP contribution in [0, 0.1) is 5.92 Å². The highest BCUT2D eigenvalue weighted by molar-refractivity contribution is 7.92. The van der Waals surface area contributed by atoms with Gasteiger partial charge < -0.3 is 4.55 Å². The van der Waals surface area contributed by atoms with Crippen LogP contribution < -0.4 is 0 Å². The molecule has 4 nitrogen and oxygen atoms in total. The van der Waals surface area contributed by atoms with Crippen molar-refractivity contribution < 1.29 is 17.2 Å². The minimum Gasteiger partial charge on any atom is -0.306 e. The zero-order valence-corrected chi connectivity index (χ0v) is 12.5. The summed E-state index contributed by atoms with van der Waals surface area (Å²) in [6.07, 6.45) is 2.58. The second-order valence-corrected chi connectivity index (χ2v) is 7.67. The van der Waals surface area contributed by atoms with Crippen LogP contribution in [-0.2, 0) is 20.9 Å². The van der Waals surface area contributed by atoms with Gasteiger partial charge in [-0.3, -0.25) is 0 Å². The fraction of sp³-hybridized carbons (Fsp3) is 1.00. The normalized spacial score (nSPS) is 17.6. The predicted octanol–water partition coefficient (Wildman–Crippen LogP) is 2.23. The van der Waals surface area contributed by atoms with Crippen LogP contribution in [0.1, 0.15) is 46.5 Å². The third-order valence-electron chi connectivity index (χ3n) is 2.93. The Kier molecular flexibility index (Phi) is 8.24. The van der Waals surface area contributed by atoms with E-state index < -0.39 is 26.2 Å². The summed E-state index contributed by atoms with van der Waals surface area (Å²) in [5.74, 6) is 0.0217. The van der Waals surface area contributed by atoms with Crippen molar-refractivity contribution in [3.63, 3.8) is 0 Å². The Bertz CT molecular complexity index is 324. The smallest absolute Gasteiger partial charge is 0.153 e. The van der Waals surface area contributed by atoms with E-state index in [0.29, 0.717) is 19.3 Å². The quantitative estimate of drug-likeness (QED) is 0.659. The molecule has 17 heavy (non-hydrogen) atoms. The van der Waals surface area contributed by atoms with E-state index in [2.05, 4.69) is 0 Å². The lowest BCUT2D eigenvalue weighted by molar-refractivity contribution is 0.461. The van der Waals surface area contributed by atoms with Crippen LogP contribution in [-0.4, -0.2) is 33.9 Å². The zero-order valence-electron chi connectivity index (χ0n) is 10.9. The maximum atomic E-state index is 12.1. The summed E-state index contributed by atoms with van der Waals surface area (Å²) in [6, 6.07) is 0. The van der Waals surface area contributed by atoms with Gasteiger partial charge in [-0.15, -0.1) is 0 Å². The number of hydrogen-bond donors (Lipinski definition) is 1. The van der Waals surface area contributed by atoms with Crippen LogP contribution in [0.5, 0.6) is 0 Å². The van der Waals surface area contributed by atoms with Crippen molar-refractivity contribution in [2.45, 2.75) is 51.7 Å². The molecule has 0 spiro atoms. The fourth-order valence-electron chi connectivity index (χ4n) is 2.10. The molecule has 3 unspecified atom stereocenters. The highest BCUT2D eigenvalue weighted by atomic mass is 32.2. The lowest BCUT2D eigenvalue weighted by atomic mass is 10.0. The average Bonchev–Trinajstić information content (AvgIpc) is 2.22. The highest BCUT2D eigenvalue weighted by Gasteiger charge is 2.31. The molecule has 0 aliphatic heterocycles. The predicted molar refractivity (Wildman–Crippen MR) is 72.2 cm³/mol. The fourth-order valence-corrected chi connectivity index (χ4v) is 5.40. The Balaban J connectivity index is 4.97. The molecule has 0 saturated carbocycles. The van der Waals surface area contributed by atoms with Gasteiger partial charge in [-0.05, 0) is 18.8 Å². The zero-order chi connectivity index (χ0) is 13.5. The lowest BCUT2D eigenvalue weighted by Gasteiger charge is -2.24. The molecule has 0 amide bonds. The van der Waals surface area contributed by atoms with E-state index in [1.807, 2.05) is 20.8 Å². The third-order valence-corrected chi connectivity index (χ3v) is 6.16. The molecule has 0 aliphatic carbocycles. The van der Waals surface area contributed by atoms with Crippen LogP contribution in [0.4, 0.5) is 0 Å². The third kappa shape index (κ3) is 5.97. The molecule has 0 aromatic rings. The molecule has 0 aromatic carbocycles. The van der Waals surface area contributed by atoms with E-state index in [1.165, 1.54) is 0 Å². The number of rotatable bonds is 9. The SMILES string of the molecule is CCCC(C(CC)CS(=O)O)S(=O)(=O)CCC. The molecular formula is C11H24O4S2. The Morgan fingerprint density at radius 2 is 1.76 bits per heavy atom. The maximum Gasteiger partial charge on any atom is 0.153 e. The monoisotopic (exact) mass is 284 g/mol. The van der Waals surface area contributed by atoms with E-state index in [1.54, 1.807) is 0 Å². The molecule has 0 radical (unpaired) electrons. The van der Waals surface area contributed by atoms with Crippen LogP contribution in [0.2, 0.25) is 0 Å². The standard InChI is InChI=1S/C11H24O4S2/c1-4-7-11(17(14,15)8-5-2)10(6-3)9-16(12)13/h10-11H,4-9H2,1-3H3,(H,12,13). The summed E-state index contributed by atoms with van der Waals surface area (Å²) >= 11 is -1.92. The molecule has 0 heterocycles. The highest BCUT2D eigenvalue weighted by Crippen LogP contribution is 2.23. The number of hydrogen-bond acceptors (Lipinski definition) is 3. The van der Waals surface area contributed by atoms with Crippen molar-refractivity contribution in [1.82, 2.24) is 0 Å². The molecule has 0 rings (SSSR count). The van der Waals surface area contributed by atoms with Crippen LogP contribution in [0.15, 0.2) is 0 Å². The summed E-state index contributed by atoms with van der Waals surface area (Å²) in [4.78, 5) is 0. The van der Waals surface area contributed by atoms with Crippen molar-refractivity contribution >= 4 is 20.9 Å². The maximum absolute atomic E-state index is 12.1. The minimum atomic E-state index is -3.14. The Morgan fingerprint density at radius 1 is 1.18 bits per heavy atom. The molecular weight excluding hydrogens is 260 g/mol. The van der Waals surface area contributed by atoms with Crippen molar-refractivity contribution in [2.75, 3.05) is 11.5 Å². The number of sulfone groups is 1. The molecule has 0 saturated heterocycles. The van der Waals surface area contributed by atoms with Gasteiger partial charge in [0.25, 0.3) is 0 Å². The van der Waals surface area contributed by atoms with E-state index in [-0.39, 0.29) is 17.4 Å². The second-order valence-electron chi connectivity index (χ2n) is 4.35. The summed E-state index contributed by atoms with van der Waals surface area (Å²) < 4.78 is 44.1. The van der Waals surface area contributed by atoms with Gasteiger partial charge in [0, 0.05) is 0 Å². The van der Waals surface area contributed by atoms with Crippen molar-refractivity contribution in [3.05, 3.63) is 0 Å². The van der Waals surface area contributed by atoms with E-state index in [4.69, 9.17) is 4.55 Å². The van der Waals surface area contributed by atoms with Crippen molar-refractivity contribution in [3.8, 4) is 0 Å². The molecule has 0 aliphatic rings. The van der Waals surface area contributed by atoms with Crippen LogP contribution in [0.3, 0.4) is 0 Å². The van der Waals surface area contributed by atoms with Gasteiger partial charge in [-0.25, -0.2) is 12.6 Å². The Morgan fingerprint density at radius 3 is 2.12 bits per heavy atom.